The summed E-state index contributed by atoms with van der Waals surface area (Å²) in [5, 5.41) is 7.09. The number of halogens is 2. The van der Waals surface area contributed by atoms with Gasteiger partial charge in [-0.15, -0.1) is 0 Å². The third-order valence-corrected chi connectivity index (χ3v) is 3.88. The van der Waals surface area contributed by atoms with Crippen molar-refractivity contribution in [1.29, 1.82) is 0 Å². The normalized spacial score (nSPS) is 10.1. The SMILES string of the molecule is O=C(Nc1ccsc1)c1ccc(Br)c(Cl)c1. The number of anilines is 1. The Labute approximate surface area is 110 Å². The van der Waals surface area contributed by atoms with Crippen LogP contribution in [0.3, 0.4) is 0 Å². The number of carbonyl (C=O) groups is 1. The summed E-state index contributed by atoms with van der Waals surface area (Å²) in [6, 6.07) is 6.96. The Morgan fingerprint density at radius 1 is 1.38 bits per heavy atom. The van der Waals surface area contributed by atoms with Gasteiger partial charge >= 0.3 is 0 Å². The quantitative estimate of drug-likeness (QED) is 0.873. The number of benzene rings is 1. The van der Waals surface area contributed by atoms with Gasteiger partial charge < -0.3 is 5.32 Å². The topological polar surface area (TPSA) is 29.1 Å². The number of amides is 1. The van der Waals surface area contributed by atoms with Gasteiger partial charge in [0.05, 0.1) is 10.7 Å². The molecule has 0 bridgehead atoms. The lowest BCUT2D eigenvalue weighted by atomic mass is 10.2. The Kier molecular flexibility index (Phi) is 3.63. The Morgan fingerprint density at radius 2 is 2.19 bits per heavy atom. The van der Waals surface area contributed by atoms with Crippen molar-refractivity contribution in [3.05, 3.63) is 50.1 Å². The standard InChI is InChI=1S/C11H7BrClNOS/c12-9-2-1-7(5-10(9)13)11(15)14-8-3-4-16-6-8/h1-6H,(H,14,15). The lowest BCUT2D eigenvalue weighted by Gasteiger charge is -2.04. The molecule has 0 atom stereocenters. The Hall–Kier alpha value is -0.840. The first-order valence-electron chi connectivity index (χ1n) is 4.45. The molecule has 1 aromatic heterocycles. The van der Waals surface area contributed by atoms with E-state index in [0.29, 0.717) is 10.6 Å². The number of hydrogen-bond acceptors (Lipinski definition) is 2. The predicted octanol–water partition coefficient (Wildman–Crippen LogP) is 4.42. The lowest BCUT2D eigenvalue weighted by Crippen LogP contribution is -2.11. The van der Waals surface area contributed by atoms with Crippen LogP contribution >= 0.6 is 38.9 Å². The molecule has 82 valence electrons. The molecule has 2 nitrogen and oxygen atoms in total. The molecule has 0 aliphatic carbocycles. The zero-order chi connectivity index (χ0) is 11.5. The van der Waals surface area contributed by atoms with Crippen LogP contribution in [-0.4, -0.2) is 5.91 Å². The first kappa shape index (κ1) is 11.6. The van der Waals surface area contributed by atoms with E-state index in [1.54, 1.807) is 18.2 Å². The molecule has 1 N–H and O–H groups in total. The van der Waals surface area contributed by atoms with E-state index in [2.05, 4.69) is 21.2 Å². The van der Waals surface area contributed by atoms with Crippen LogP contribution in [0, 0.1) is 0 Å². The number of rotatable bonds is 2. The van der Waals surface area contributed by atoms with Crippen LogP contribution in [0.1, 0.15) is 10.4 Å². The molecule has 0 fully saturated rings. The Morgan fingerprint density at radius 3 is 2.81 bits per heavy atom. The summed E-state index contributed by atoms with van der Waals surface area (Å²) in [5.41, 5.74) is 1.34. The van der Waals surface area contributed by atoms with Crippen molar-refractivity contribution < 1.29 is 4.79 Å². The fourth-order valence-corrected chi connectivity index (χ4v) is 2.19. The first-order valence-corrected chi connectivity index (χ1v) is 6.57. The maximum absolute atomic E-state index is 11.8. The smallest absolute Gasteiger partial charge is 0.255 e. The number of carbonyl (C=O) groups excluding carboxylic acids is 1. The molecule has 0 saturated heterocycles. The highest BCUT2D eigenvalue weighted by molar-refractivity contribution is 9.10. The molecule has 0 saturated carbocycles. The molecular weight excluding hydrogens is 310 g/mol. The molecule has 0 radical (unpaired) electrons. The first-order chi connectivity index (χ1) is 7.66. The molecule has 16 heavy (non-hydrogen) atoms. The van der Waals surface area contributed by atoms with E-state index in [1.165, 1.54) is 11.3 Å². The molecule has 1 amide bonds. The summed E-state index contributed by atoms with van der Waals surface area (Å²) >= 11 is 10.7. The monoisotopic (exact) mass is 315 g/mol. The number of nitrogens with one attached hydrogen (secondary N) is 1. The van der Waals surface area contributed by atoms with Crippen LogP contribution in [0.2, 0.25) is 5.02 Å². The van der Waals surface area contributed by atoms with E-state index >= 15 is 0 Å². The number of thiophene rings is 1. The van der Waals surface area contributed by atoms with Gasteiger partial charge in [0.15, 0.2) is 0 Å². The summed E-state index contributed by atoms with van der Waals surface area (Å²) in [5.74, 6) is -0.159. The summed E-state index contributed by atoms with van der Waals surface area (Å²) in [6.45, 7) is 0. The van der Waals surface area contributed by atoms with Gasteiger partial charge in [-0.1, -0.05) is 11.6 Å². The van der Waals surface area contributed by atoms with Crippen molar-refractivity contribution in [2.24, 2.45) is 0 Å². The molecular formula is C11H7BrClNOS. The van der Waals surface area contributed by atoms with Crippen LogP contribution in [-0.2, 0) is 0 Å². The van der Waals surface area contributed by atoms with Gasteiger partial charge in [-0.05, 0) is 45.6 Å². The van der Waals surface area contributed by atoms with Crippen LogP contribution in [0.4, 0.5) is 5.69 Å². The van der Waals surface area contributed by atoms with Crippen LogP contribution < -0.4 is 5.32 Å². The molecule has 1 aromatic carbocycles. The second-order valence-electron chi connectivity index (χ2n) is 3.10. The van der Waals surface area contributed by atoms with Gasteiger partial charge in [0.25, 0.3) is 5.91 Å². The second kappa shape index (κ2) is 4.99. The Bertz CT molecular complexity index is 513. The van der Waals surface area contributed by atoms with E-state index in [4.69, 9.17) is 11.6 Å². The highest BCUT2D eigenvalue weighted by atomic mass is 79.9. The minimum absolute atomic E-state index is 0.159. The van der Waals surface area contributed by atoms with Crippen molar-refractivity contribution in [2.75, 3.05) is 5.32 Å². The minimum atomic E-state index is -0.159. The van der Waals surface area contributed by atoms with Gasteiger partial charge in [-0.25, -0.2) is 0 Å². The zero-order valence-electron chi connectivity index (χ0n) is 8.04. The highest BCUT2D eigenvalue weighted by Crippen LogP contribution is 2.23. The van der Waals surface area contributed by atoms with E-state index < -0.39 is 0 Å². The van der Waals surface area contributed by atoms with Crippen molar-refractivity contribution in [2.45, 2.75) is 0 Å². The third-order valence-electron chi connectivity index (χ3n) is 1.96. The molecule has 0 aliphatic rings. The van der Waals surface area contributed by atoms with Crippen LogP contribution in [0.5, 0.6) is 0 Å². The average Bonchev–Trinajstić information content (AvgIpc) is 2.74. The minimum Gasteiger partial charge on any atom is -0.321 e. The van der Waals surface area contributed by atoms with Crippen LogP contribution in [0.15, 0.2) is 39.5 Å². The summed E-state index contributed by atoms with van der Waals surface area (Å²) in [4.78, 5) is 11.8. The highest BCUT2D eigenvalue weighted by Gasteiger charge is 2.08. The van der Waals surface area contributed by atoms with E-state index in [9.17, 15) is 4.79 Å². The second-order valence-corrected chi connectivity index (χ2v) is 5.14. The van der Waals surface area contributed by atoms with Crippen molar-refractivity contribution in [3.63, 3.8) is 0 Å². The molecule has 5 heteroatoms. The predicted molar refractivity (Wildman–Crippen MR) is 71.4 cm³/mol. The van der Waals surface area contributed by atoms with Gasteiger partial charge in [0.1, 0.15) is 0 Å². The average molecular weight is 317 g/mol. The molecule has 0 unspecified atom stereocenters. The zero-order valence-corrected chi connectivity index (χ0v) is 11.2. The van der Waals surface area contributed by atoms with E-state index in [1.807, 2.05) is 16.8 Å². The maximum Gasteiger partial charge on any atom is 0.255 e. The molecule has 2 rings (SSSR count). The largest absolute Gasteiger partial charge is 0.321 e. The maximum atomic E-state index is 11.8. The van der Waals surface area contributed by atoms with Crippen molar-refractivity contribution in [1.82, 2.24) is 0 Å². The van der Waals surface area contributed by atoms with Gasteiger partial charge in [-0.2, -0.15) is 11.3 Å². The molecule has 0 aliphatic heterocycles. The fourth-order valence-electron chi connectivity index (χ4n) is 1.18. The molecule has 2 aromatic rings. The van der Waals surface area contributed by atoms with Gasteiger partial charge in [-0.3, -0.25) is 4.79 Å². The Balaban J connectivity index is 2.18. The van der Waals surface area contributed by atoms with Crippen molar-refractivity contribution >= 4 is 50.5 Å². The third kappa shape index (κ3) is 2.64. The van der Waals surface area contributed by atoms with Gasteiger partial charge in [0.2, 0.25) is 0 Å². The van der Waals surface area contributed by atoms with Crippen LogP contribution in [0.25, 0.3) is 0 Å². The van der Waals surface area contributed by atoms with E-state index in [-0.39, 0.29) is 5.91 Å². The fraction of sp³-hybridized carbons (Fsp3) is 0. The molecule has 0 spiro atoms. The number of hydrogen-bond donors (Lipinski definition) is 1. The molecule has 1 heterocycles. The van der Waals surface area contributed by atoms with Gasteiger partial charge in [0, 0.05) is 15.4 Å². The van der Waals surface area contributed by atoms with E-state index in [0.717, 1.165) is 10.2 Å². The summed E-state index contributed by atoms with van der Waals surface area (Å²) in [7, 11) is 0. The van der Waals surface area contributed by atoms with Crippen molar-refractivity contribution in [3.8, 4) is 0 Å². The lowest BCUT2D eigenvalue weighted by molar-refractivity contribution is 0.102. The summed E-state index contributed by atoms with van der Waals surface area (Å²) in [6.07, 6.45) is 0. The summed E-state index contributed by atoms with van der Waals surface area (Å²) < 4.78 is 0.779.